The van der Waals surface area contributed by atoms with Crippen molar-refractivity contribution >= 4 is 11.8 Å². The maximum atomic E-state index is 11.0. The molecule has 0 atom stereocenters. The molecule has 0 aliphatic carbocycles. The third-order valence-electron chi connectivity index (χ3n) is 14.2. The van der Waals surface area contributed by atoms with Crippen molar-refractivity contribution in [1.29, 1.82) is 0 Å². The number of fused-ring (bicyclic) bond motifs is 3. The largest absolute Gasteiger partial charge is 1.00 e. The van der Waals surface area contributed by atoms with E-state index in [-0.39, 0.29) is 59.0 Å². The summed E-state index contributed by atoms with van der Waals surface area (Å²) in [7, 11) is 9.83. The molecule has 3 fully saturated rings. The third-order valence-corrected chi connectivity index (χ3v) is 14.2. The first-order valence-electron chi connectivity index (χ1n) is 28.5. The lowest BCUT2D eigenvalue weighted by Gasteiger charge is -2.55. The summed E-state index contributed by atoms with van der Waals surface area (Å²) in [6.45, 7) is 24.1. The molecule has 2 N–H and O–H groups in total. The van der Waals surface area contributed by atoms with Gasteiger partial charge in [0.05, 0.1) is 52.9 Å². The van der Waals surface area contributed by atoms with Crippen molar-refractivity contribution in [3.8, 4) is 11.1 Å². The van der Waals surface area contributed by atoms with E-state index < -0.39 is 0 Å². The van der Waals surface area contributed by atoms with E-state index in [2.05, 4.69) is 193 Å². The van der Waals surface area contributed by atoms with Gasteiger partial charge in [0, 0.05) is 66.9 Å². The topological polar surface area (TPSA) is 132 Å². The van der Waals surface area contributed by atoms with Gasteiger partial charge >= 0.3 is 0 Å². The van der Waals surface area contributed by atoms with Crippen LogP contribution in [0.4, 0.5) is 0 Å². The van der Waals surface area contributed by atoms with Crippen LogP contribution in [0.25, 0.3) is 11.1 Å². The fourth-order valence-electron chi connectivity index (χ4n) is 9.41. The van der Waals surface area contributed by atoms with Gasteiger partial charge < -0.3 is 91.5 Å². The molecule has 6 aromatic carbocycles. The molecule has 0 aromatic heterocycles. The maximum Gasteiger partial charge on any atom is 0.246 e. The molecule has 84 heavy (non-hydrogen) atoms. The summed E-state index contributed by atoms with van der Waals surface area (Å²) in [5, 5.41) is 5.26. The Labute approximate surface area is 524 Å². The van der Waals surface area contributed by atoms with E-state index in [0.29, 0.717) is 65.9 Å². The van der Waals surface area contributed by atoms with Crippen LogP contribution in [-0.2, 0) is 87.0 Å². The van der Waals surface area contributed by atoms with Crippen LogP contribution in [0.5, 0.6) is 0 Å². The van der Waals surface area contributed by atoms with Crippen molar-refractivity contribution < 1.29 is 90.4 Å². The maximum absolute atomic E-state index is 11.0. The molecule has 16 heteroatoms. The molecule has 3 aliphatic rings. The van der Waals surface area contributed by atoms with Crippen LogP contribution >= 0.6 is 0 Å². The number of piperazine rings is 3. The molecule has 9 rings (SSSR count). The molecule has 462 valence electrons. The number of rotatable bonds is 26. The molecule has 2 amide bonds. The van der Waals surface area contributed by atoms with Crippen molar-refractivity contribution in [2.24, 2.45) is 0 Å². The van der Waals surface area contributed by atoms with Crippen molar-refractivity contribution in [1.82, 2.24) is 10.6 Å². The molecule has 6 aromatic rings. The van der Waals surface area contributed by atoms with E-state index in [1.807, 2.05) is 0 Å². The number of ether oxygens (including phenoxy) is 8. The van der Waals surface area contributed by atoms with Gasteiger partial charge in [-0.3, -0.25) is 9.59 Å². The SMILES string of the molecule is COCC(=O)NCCOCCOCCNC(=O)COC.COCc1ccc(COC)cc1.COCc1ccc(C[N+]23CC[N+](Cc4ccc(COC)cc4)(CC2)CC3)cc1.Cc1ccc(-c2ccc(C)cc2)cc1.Cc1ccc(C)cc1.[Br-].[Br-]. The Hall–Kier alpha value is -5.18. The summed E-state index contributed by atoms with van der Waals surface area (Å²) in [4.78, 5) is 22.0. The summed E-state index contributed by atoms with van der Waals surface area (Å²) in [6, 6.07) is 52.0. The summed E-state index contributed by atoms with van der Waals surface area (Å²) >= 11 is 0. The molecular formula is C68H96Br2N4O10. The smallest absolute Gasteiger partial charge is 0.246 e. The van der Waals surface area contributed by atoms with Crippen LogP contribution in [0.2, 0.25) is 0 Å². The number of quaternary nitrogens is 2. The monoisotopic (exact) mass is 1290 g/mol. The number of hydrogen-bond donors (Lipinski definition) is 2. The lowest BCUT2D eigenvalue weighted by molar-refractivity contribution is -1.09. The summed E-state index contributed by atoms with van der Waals surface area (Å²) in [5.74, 6) is -0.335. The van der Waals surface area contributed by atoms with Crippen LogP contribution in [-0.4, -0.2) is 155 Å². The second-order valence-corrected chi connectivity index (χ2v) is 21.2. The first kappa shape index (κ1) is 74.9. The first-order valence-corrected chi connectivity index (χ1v) is 28.5. The molecule has 0 saturated carbocycles. The minimum absolute atomic E-state index is 0. The van der Waals surface area contributed by atoms with Crippen molar-refractivity contribution in [3.05, 3.63) is 201 Å². The zero-order chi connectivity index (χ0) is 59.3. The number of amides is 2. The second kappa shape index (κ2) is 43.4. The Balaban J connectivity index is 0.000000379. The summed E-state index contributed by atoms with van der Waals surface area (Å²) in [5.41, 5.74) is 15.7. The van der Waals surface area contributed by atoms with Gasteiger partial charge in [0.25, 0.3) is 0 Å². The zero-order valence-corrected chi connectivity index (χ0v) is 54.9. The number of hydrogen-bond acceptors (Lipinski definition) is 10. The minimum atomic E-state index is -0.167. The lowest BCUT2D eigenvalue weighted by Crippen LogP contribution is -3.00. The number of nitrogens with zero attached hydrogens (tertiary/aromatic N) is 2. The Morgan fingerprint density at radius 3 is 0.821 bits per heavy atom. The van der Waals surface area contributed by atoms with Crippen LogP contribution < -0.4 is 44.6 Å². The van der Waals surface area contributed by atoms with E-state index >= 15 is 0 Å². The number of halogens is 2. The van der Waals surface area contributed by atoms with E-state index in [1.165, 1.54) is 142 Å². The van der Waals surface area contributed by atoms with Crippen LogP contribution in [0, 0.1) is 27.7 Å². The number of methoxy groups -OCH3 is 6. The molecular weight excluding hydrogens is 1190 g/mol. The van der Waals surface area contributed by atoms with Crippen molar-refractivity contribution in [2.45, 2.75) is 67.2 Å². The van der Waals surface area contributed by atoms with E-state index in [4.69, 9.17) is 28.4 Å². The van der Waals surface area contributed by atoms with Crippen molar-refractivity contribution in [3.63, 3.8) is 0 Å². The first-order chi connectivity index (χ1) is 39.7. The van der Waals surface area contributed by atoms with E-state index in [0.717, 1.165) is 0 Å². The van der Waals surface area contributed by atoms with E-state index in [1.54, 1.807) is 28.4 Å². The van der Waals surface area contributed by atoms with Gasteiger partial charge in [0.2, 0.25) is 11.8 Å². The predicted molar refractivity (Wildman–Crippen MR) is 328 cm³/mol. The average Bonchev–Trinajstić information content (AvgIpc) is 2.63. The zero-order valence-electron chi connectivity index (χ0n) is 51.7. The number of aryl methyl sites for hydroxylation is 4. The summed E-state index contributed by atoms with van der Waals surface area (Å²) < 4.78 is 42.8. The van der Waals surface area contributed by atoms with Gasteiger partial charge in [-0.15, -0.1) is 0 Å². The second-order valence-electron chi connectivity index (χ2n) is 21.2. The van der Waals surface area contributed by atoms with E-state index in [9.17, 15) is 9.59 Å². The Morgan fingerprint density at radius 1 is 0.345 bits per heavy atom. The molecule has 14 nitrogen and oxygen atoms in total. The van der Waals surface area contributed by atoms with Crippen LogP contribution in [0.1, 0.15) is 55.6 Å². The van der Waals surface area contributed by atoms with Gasteiger partial charge in [-0.05, 0) is 61.1 Å². The molecule has 0 unspecified atom stereocenters. The molecule has 0 spiro atoms. The van der Waals surface area contributed by atoms with Crippen LogP contribution in [0.15, 0.2) is 146 Å². The molecule has 3 aliphatic heterocycles. The highest BCUT2D eigenvalue weighted by Crippen LogP contribution is 2.31. The van der Waals surface area contributed by atoms with Gasteiger partial charge in [0.15, 0.2) is 0 Å². The number of benzene rings is 6. The van der Waals surface area contributed by atoms with Gasteiger partial charge in [-0.1, -0.05) is 168 Å². The highest BCUT2D eigenvalue weighted by atomic mass is 79.9. The van der Waals surface area contributed by atoms with Gasteiger partial charge in [0.1, 0.15) is 65.6 Å². The highest BCUT2D eigenvalue weighted by Gasteiger charge is 2.48. The number of nitrogens with one attached hydrogen (secondary N) is 2. The third kappa shape index (κ3) is 30.3. The van der Waals surface area contributed by atoms with Crippen LogP contribution in [0.3, 0.4) is 0 Å². The number of carbonyl (C=O) groups is 2. The average molecular weight is 1290 g/mol. The minimum Gasteiger partial charge on any atom is -1.00 e. The fourth-order valence-corrected chi connectivity index (χ4v) is 9.41. The summed E-state index contributed by atoms with van der Waals surface area (Å²) in [6.07, 6.45) is 0. The van der Waals surface area contributed by atoms with Gasteiger partial charge in [-0.2, -0.15) is 0 Å². The Bertz CT molecular complexity index is 2440. The highest BCUT2D eigenvalue weighted by molar-refractivity contribution is 5.77. The Morgan fingerprint density at radius 2 is 0.583 bits per heavy atom. The predicted octanol–water partition coefficient (Wildman–Crippen LogP) is 4.15. The van der Waals surface area contributed by atoms with Crippen molar-refractivity contribution in [2.75, 3.05) is 135 Å². The molecule has 3 heterocycles. The normalized spacial score (nSPS) is 15.3. The quantitative estimate of drug-likeness (QED) is 0.0604. The van der Waals surface area contributed by atoms with Gasteiger partial charge in [-0.25, -0.2) is 0 Å². The number of carbonyl (C=O) groups excluding carboxylic acids is 2. The standard InChI is InChI=1S/C24H34N2O2.C14H14.C12H24N2O6.C10H14O2.C8H10.2BrH/c1-27-19-23-7-3-21(4-8-23)17-25-11-14-26(15-12-25,16-13-25)18-22-5-9-24(10-6-22)20-28-2;1-11-3-7-13(8-4-11)14-9-5-12(2)6-10-14;1-17-9-11(15)13-3-5-19-7-8-20-6-4-14-12(16)10-18-2;1-11-7-9-3-5-10(6-4-9)8-12-2;1-7-3-5-8(2)6-4-7;;/h3-10H,11-20H2,1-2H3;3-10H,1-2H3;3-10H2,1-2H3,(H,13,15)(H,14,16);3-6H,7-8H2,1-2H3;3-6H,1-2H3;2*1H/q+2;;;;;;/p-2. The Kier molecular flexibility index (Phi) is 38.7. The fraction of sp³-hybridized carbons (Fsp3) is 0.441. The molecule has 2 bridgehead atoms. The molecule has 3 saturated heterocycles. The molecule has 0 radical (unpaired) electrons. The lowest BCUT2D eigenvalue weighted by atomic mass is 10.0.